The van der Waals surface area contributed by atoms with E-state index in [1.54, 1.807) is 0 Å². The molecule has 1 fully saturated rings. The van der Waals surface area contributed by atoms with E-state index in [9.17, 15) is 13.2 Å². The fourth-order valence-electron chi connectivity index (χ4n) is 1.93. The van der Waals surface area contributed by atoms with E-state index in [1.165, 1.54) is 0 Å². The highest BCUT2D eigenvalue weighted by Gasteiger charge is 2.34. The molecule has 0 spiro atoms. The maximum atomic E-state index is 12.6. The molecule has 0 radical (unpaired) electrons. The van der Waals surface area contributed by atoms with Crippen molar-refractivity contribution in [3.8, 4) is 0 Å². The van der Waals surface area contributed by atoms with Gasteiger partial charge in [-0.05, 0) is 19.8 Å². The minimum atomic E-state index is -4.54. The number of anilines is 2. The average molecular weight is 276 g/mol. The predicted molar refractivity (Wildman–Crippen MR) is 63.5 cm³/mol. The van der Waals surface area contributed by atoms with Gasteiger partial charge in [0.1, 0.15) is 5.82 Å². The first-order valence-electron chi connectivity index (χ1n) is 5.86. The normalized spacial score (nSPS) is 19.2. The molecule has 1 saturated heterocycles. The number of nitrogens with two attached hydrogens (primary N) is 1. The number of hydrogen-bond donors (Lipinski definition) is 2. The van der Waals surface area contributed by atoms with Crippen LogP contribution in [0.15, 0.2) is 6.07 Å². The molecule has 1 aliphatic rings. The third-order valence-corrected chi connectivity index (χ3v) is 3.06. The van der Waals surface area contributed by atoms with Crippen molar-refractivity contribution in [2.24, 2.45) is 0 Å². The Kier molecular flexibility index (Phi) is 3.53. The zero-order chi connectivity index (χ0) is 14.1. The second kappa shape index (κ2) is 4.84. The SMILES string of the molecule is CC1(Nc2cc(C(F)(F)F)nc(N)n2)CCOCC1. The van der Waals surface area contributed by atoms with Gasteiger partial charge < -0.3 is 15.8 Å². The van der Waals surface area contributed by atoms with Gasteiger partial charge >= 0.3 is 6.18 Å². The number of ether oxygens (including phenoxy) is 1. The summed E-state index contributed by atoms with van der Waals surface area (Å²) in [6.07, 6.45) is -3.15. The molecule has 106 valence electrons. The lowest BCUT2D eigenvalue weighted by Gasteiger charge is -2.35. The molecule has 5 nitrogen and oxygen atoms in total. The first-order chi connectivity index (χ1) is 8.78. The number of nitrogens with zero attached hydrogens (tertiary/aromatic N) is 2. The Balaban J connectivity index is 2.22. The van der Waals surface area contributed by atoms with Gasteiger partial charge in [-0.1, -0.05) is 0 Å². The molecule has 19 heavy (non-hydrogen) atoms. The van der Waals surface area contributed by atoms with Gasteiger partial charge in [0.05, 0.1) is 0 Å². The molecular weight excluding hydrogens is 261 g/mol. The summed E-state index contributed by atoms with van der Waals surface area (Å²) < 4.78 is 43.1. The quantitative estimate of drug-likeness (QED) is 0.865. The van der Waals surface area contributed by atoms with Gasteiger partial charge in [0, 0.05) is 24.8 Å². The maximum Gasteiger partial charge on any atom is 0.433 e. The highest BCUT2D eigenvalue weighted by molar-refractivity contribution is 5.43. The Morgan fingerprint density at radius 3 is 2.53 bits per heavy atom. The van der Waals surface area contributed by atoms with Gasteiger partial charge in [-0.3, -0.25) is 0 Å². The van der Waals surface area contributed by atoms with Crippen LogP contribution in [0, 0.1) is 0 Å². The summed E-state index contributed by atoms with van der Waals surface area (Å²) in [6, 6.07) is 0.872. The molecule has 8 heteroatoms. The molecular formula is C11H15F3N4O. The highest BCUT2D eigenvalue weighted by atomic mass is 19.4. The number of hydrogen-bond acceptors (Lipinski definition) is 5. The lowest BCUT2D eigenvalue weighted by Crippen LogP contribution is -2.41. The molecule has 2 heterocycles. The molecule has 0 saturated carbocycles. The third kappa shape index (κ3) is 3.46. The van der Waals surface area contributed by atoms with Crippen LogP contribution in [0.3, 0.4) is 0 Å². The highest BCUT2D eigenvalue weighted by Crippen LogP contribution is 2.31. The zero-order valence-corrected chi connectivity index (χ0v) is 10.4. The number of halogens is 3. The van der Waals surface area contributed by atoms with Crippen LogP contribution in [-0.4, -0.2) is 28.7 Å². The van der Waals surface area contributed by atoms with Gasteiger partial charge in [-0.25, -0.2) is 4.98 Å². The Morgan fingerprint density at radius 2 is 1.95 bits per heavy atom. The maximum absolute atomic E-state index is 12.6. The van der Waals surface area contributed by atoms with E-state index in [-0.39, 0.29) is 11.4 Å². The van der Waals surface area contributed by atoms with Gasteiger partial charge in [0.2, 0.25) is 5.95 Å². The summed E-state index contributed by atoms with van der Waals surface area (Å²) in [5.74, 6) is -0.308. The molecule has 2 rings (SSSR count). The molecule has 1 aromatic heterocycles. The predicted octanol–water partition coefficient (Wildman–Crippen LogP) is 2.06. The van der Waals surface area contributed by atoms with Crippen molar-refractivity contribution in [3.05, 3.63) is 11.8 Å². The third-order valence-electron chi connectivity index (χ3n) is 3.06. The van der Waals surface area contributed by atoms with E-state index >= 15 is 0 Å². The Bertz CT molecular complexity index is 458. The van der Waals surface area contributed by atoms with Crippen molar-refractivity contribution in [1.29, 1.82) is 0 Å². The van der Waals surface area contributed by atoms with Crippen molar-refractivity contribution in [3.63, 3.8) is 0 Å². The summed E-state index contributed by atoms with van der Waals surface area (Å²) in [4.78, 5) is 7.00. The molecule has 3 N–H and O–H groups in total. The molecule has 0 bridgehead atoms. The summed E-state index contributed by atoms with van der Waals surface area (Å²) >= 11 is 0. The summed E-state index contributed by atoms with van der Waals surface area (Å²) in [6.45, 7) is 3.05. The minimum Gasteiger partial charge on any atom is -0.381 e. The second-order valence-corrected chi connectivity index (χ2v) is 4.79. The lowest BCUT2D eigenvalue weighted by atomic mass is 9.92. The van der Waals surface area contributed by atoms with Crippen LogP contribution in [0.4, 0.5) is 24.9 Å². The smallest absolute Gasteiger partial charge is 0.381 e. The van der Waals surface area contributed by atoms with Crippen molar-refractivity contribution in [2.45, 2.75) is 31.5 Å². The first kappa shape index (κ1) is 13.9. The summed E-state index contributed by atoms with van der Waals surface area (Å²) in [5.41, 5.74) is 3.93. The van der Waals surface area contributed by atoms with Gasteiger partial charge in [0.15, 0.2) is 5.69 Å². The Hall–Kier alpha value is -1.57. The van der Waals surface area contributed by atoms with Gasteiger partial charge in [-0.15, -0.1) is 0 Å². The van der Waals surface area contributed by atoms with Crippen LogP contribution in [0.1, 0.15) is 25.5 Å². The van der Waals surface area contributed by atoms with Crippen LogP contribution in [0.25, 0.3) is 0 Å². The second-order valence-electron chi connectivity index (χ2n) is 4.79. The number of alkyl halides is 3. The average Bonchev–Trinajstić information content (AvgIpc) is 2.27. The van der Waals surface area contributed by atoms with Crippen LogP contribution in [0.2, 0.25) is 0 Å². The van der Waals surface area contributed by atoms with E-state index in [1.807, 2.05) is 6.92 Å². The topological polar surface area (TPSA) is 73.1 Å². The van der Waals surface area contributed by atoms with E-state index in [2.05, 4.69) is 15.3 Å². The molecule has 1 aliphatic heterocycles. The van der Waals surface area contributed by atoms with Crippen LogP contribution < -0.4 is 11.1 Å². The lowest BCUT2D eigenvalue weighted by molar-refractivity contribution is -0.141. The van der Waals surface area contributed by atoms with Crippen LogP contribution in [-0.2, 0) is 10.9 Å². The van der Waals surface area contributed by atoms with E-state index < -0.39 is 17.8 Å². The van der Waals surface area contributed by atoms with Gasteiger partial charge in [0.25, 0.3) is 0 Å². The summed E-state index contributed by atoms with van der Waals surface area (Å²) in [5, 5.41) is 3.00. The standard InChI is InChI=1S/C11H15F3N4O/c1-10(2-4-19-5-3-10)18-8-6-7(11(12,13)14)16-9(15)17-8/h6H,2-5H2,1H3,(H3,15,16,17,18). The molecule has 0 atom stereocenters. The molecule has 1 aromatic rings. The largest absolute Gasteiger partial charge is 0.433 e. The minimum absolute atomic E-state index is 0.0872. The molecule has 0 aliphatic carbocycles. The number of aromatic nitrogens is 2. The van der Waals surface area contributed by atoms with Crippen molar-refractivity contribution >= 4 is 11.8 Å². The zero-order valence-electron chi connectivity index (χ0n) is 10.4. The number of rotatable bonds is 2. The Morgan fingerprint density at radius 1 is 1.32 bits per heavy atom. The fourth-order valence-corrected chi connectivity index (χ4v) is 1.93. The summed E-state index contributed by atoms with van der Waals surface area (Å²) in [7, 11) is 0. The fraction of sp³-hybridized carbons (Fsp3) is 0.636. The van der Waals surface area contributed by atoms with Crippen LogP contribution in [0.5, 0.6) is 0 Å². The number of nitrogens with one attached hydrogen (secondary N) is 1. The van der Waals surface area contributed by atoms with Crippen LogP contribution >= 0.6 is 0 Å². The van der Waals surface area contributed by atoms with Crippen molar-refractivity contribution in [2.75, 3.05) is 24.3 Å². The monoisotopic (exact) mass is 276 g/mol. The van der Waals surface area contributed by atoms with Gasteiger partial charge in [-0.2, -0.15) is 18.2 Å². The van der Waals surface area contributed by atoms with Crippen molar-refractivity contribution < 1.29 is 17.9 Å². The van der Waals surface area contributed by atoms with E-state index in [0.29, 0.717) is 26.1 Å². The first-order valence-corrected chi connectivity index (χ1v) is 5.86. The molecule has 0 aromatic carbocycles. The Labute approximate surface area is 108 Å². The molecule has 0 unspecified atom stereocenters. The number of nitrogen functional groups attached to an aromatic ring is 1. The van der Waals surface area contributed by atoms with E-state index in [4.69, 9.17) is 10.5 Å². The van der Waals surface area contributed by atoms with Crippen molar-refractivity contribution in [1.82, 2.24) is 9.97 Å². The van der Waals surface area contributed by atoms with E-state index in [0.717, 1.165) is 6.07 Å². The molecule has 0 amide bonds.